The molecule has 0 spiro atoms. The third kappa shape index (κ3) is 2.61. The fourth-order valence-electron chi connectivity index (χ4n) is 2.42. The maximum absolute atomic E-state index is 12.1. The van der Waals surface area contributed by atoms with Gasteiger partial charge in [0.1, 0.15) is 0 Å². The van der Waals surface area contributed by atoms with Crippen LogP contribution in [0.25, 0.3) is 0 Å². The van der Waals surface area contributed by atoms with Gasteiger partial charge < -0.3 is 10.2 Å². The summed E-state index contributed by atoms with van der Waals surface area (Å²) in [6, 6.07) is 7.53. The third-order valence-corrected chi connectivity index (χ3v) is 3.83. The summed E-state index contributed by atoms with van der Waals surface area (Å²) in [5.74, 6) is 0.304. The van der Waals surface area contributed by atoms with Crippen molar-refractivity contribution in [2.75, 3.05) is 30.4 Å². The van der Waals surface area contributed by atoms with Crippen LogP contribution in [0.3, 0.4) is 0 Å². The number of hydrogen-bond donors (Lipinski definition) is 1. The van der Waals surface area contributed by atoms with Gasteiger partial charge in [-0.15, -0.1) is 0 Å². The van der Waals surface area contributed by atoms with Crippen LogP contribution >= 0.6 is 0 Å². The SMILES string of the molecule is CN1CCCN(c2ccc(NC(=O)C3CC3)cc2)C1=O. The molecule has 3 amide bonds. The van der Waals surface area contributed by atoms with Crippen LogP contribution in [0.15, 0.2) is 24.3 Å². The van der Waals surface area contributed by atoms with Crippen LogP contribution in [-0.2, 0) is 4.79 Å². The molecule has 1 saturated heterocycles. The Morgan fingerprint density at radius 2 is 1.90 bits per heavy atom. The van der Waals surface area contributed by atoms with E-state index in [2.05, 4.69) is 5.32 Å². The van der Waals surface area contributed by atoms with Gasteiger partial charge in [0.15, 0.2) is 0 Å². The van der Waals surface area contributed by atoms with Crippen LogP contribution in [-0.4, -0.2) is 37.0 Å². The molecule has 1 saturated carbocycles. The van der Waals surface area contributed by atoms with Crippen molar-refractivity contribution < 1.29 is 9.59 Å². The minimum Gasteiger partial charge on any atom is -0.327 e. The summed E-state index contributed by atoms with van der Waals surface area (Å²) >= 11 is 0. The standard InChI is InChI=1S/C15H19N3O2/c1-17-9-2-10-18(15(17)20)13-7-5-12(6-8-13)16-14(19)11-3-4-11/h5-8,11H,2-4,9-10H2,1H3,(H,16,19). The zero-order valence-corrected chi connectivity index (χ0v) is 11.6. The maximum Gasteiger partial charge on any atom is 0.324 e. The number of amides is 3. The molecule has 2 aliphatic rings. The highest BCUT2D eigenvalue weighted by Crippen LogP contribution is 2.30. The van der Waals surface area contributed by atoms with Gasteiger partial charge in [-0.25, -0.2) is 4.79 Å². The summed E-state index contributed by atoms with van der Waals surface area (Å²) in [7, 11) is 1.82. The topological polar surface area (TPSA) is 52.6 Å². The van der Waals surface area contributed by atoms with Gasteiger partial charge in [0.05, 0.1) is 0 Å². The number of hydrogen-bond acceptors (Lipinski definition) is 2. The molecule has 0 aromatic heterocycles. The predicted octanol–water partition coefficient (Wildman–Crippen LogP) is 2.30. The van der Waals surface area contributed by atoms with Gasteiger partial charge in [-0.3, -0.25) is 9.69 Å². The molecule has 1 aromatic rings. The summed E-state index contributed by atoms with van der Waals surface area (Å²) in [5.41, 5.74) is 1.68. The first-order chi connectivity index (χ1) is 9.65. The molecule has 20 heavy (non-hydrogen) atoms. The van der Waals surface area contributed by atoms with Crippen molar-refractivity contribution in [3.05, 3.63) is 24.3 Å². The Labute approximate surface area is 118 Å². The second-order valence-corrected chi connectivity index (χ2v) is 5.52. The lowest BCUT2D eigenvalue weighted by molar-refractivity contribution is -0.117. The monoisotopic (exact) mass is 273 g/mol. The van der Waals surface area contributed by atoms with E-state index >= 15 is 0 Å². The Bertz CT molecular complexity index is 522. The Balaban J connectivity index is 1.68. The van der Waals surface area contributed by atoms with Crippen molar-refractivity contribution in [3.8, 4) is 0 Å². The first kappa shape index (κ1) is 13.0. The van der Waals surface area contributed by atoms with Crippen molar-refractivity contribution >= 4 is 23.3 Å². The molecule has 1 aliphatic heterocycles. The van der Waals surface area contributed by atoms with Crippen LogP contribution < -0.4 is 10.2 Å². The zero-order valence-electron chi connectivity index (χ0n) is 11.6. The number of nitrogens with one attached hydrogen (secondary N) is 1. The molecule has 5 nitrogen and oxygen atoms in total. The van der Waals surface area contributed by atoms with Gasteiger partial charge in [0, 0.05) is 37.4 Å². The molecular weight excluding hydrogens is 254 g/mol. The summed E-state index contributed by atoms with van der Waals surface area (Å²) in [6.07, 6.45) is 2.97. The molecule has 5 heteroatoms. The summed E-state index contributed by atoms with van der Waals surface area (Å²) in [5, 5.41) is 2.90. The Morgan fingerprint density at radius 1 is 1.20 bits per heavy atom. The number of carbonyl (C=O) groups is 2. The second-order valence-electron chi connectivity index (χ2n) is 5.52. The van der Waals surface area contributed by atoms with Crippen LogP contribution in [0.4, 0.5) is 16.2 Å². The van der Waals surface area contributed by atoms with Crippen molar-refractivity contribution in [1.29, 1.82) is 0 Å². The van der Waals surface area contributed by atoms with E-state index in [0.29, 0.717) is 0 Å². The van der Waals surface area contributed by atoms with Crippen molar-refractivity contribution in [1.82, 2.24) is 4.90 Å². The van der Waals surface area contributed by atoms with E-state index in [1.165, 1.54) is 0 Å². The van der Waals surface area contributed by atoms with E-state index in [1.807, 2.05) is 31.3 Å². The predicted molar refractivity (Wildman–Crippen MR) is 77.8 cm³/mol. The Kier molecular flexibility index (Phi) is 3.34. The van der Waals surface area contributed by atoms with Gasteiger partial charge in [0.25, 0.3) is 0 Å². The van der Waals surface area contributed by atoms with E-state index in [0.717, 1.165) is 43.7 Å². The molecule has 1 aliphatic carbocycles. The molecule has 3 rings (SSSR count). The van der Waals surface area contributed by atoms with E-state index in [4.69, 9.17) is 0 Å². The van der Waals surface area contributed by atoms with Crippen molar-refractivity contribution in [2.24, 2.45) is 5.92 Å². The largest absolute Gasteiger partial charge is 0.327 e. The van der Waals surface area contributed by atoms with Crippen LogP contribution in [0.2, 0.25) is 0 Å². The van der Waals surface area contributed by atoms with Gasteiger partial charge in [-0.1, -0.05) is 0 Å². The zero-order chi connectivity index (χ0) is 14.1. The Hall–Kier alpha value is -2.04. The maximum atomic E-state index is 12.1. The fourth-order valence-corrected chi connectivity index (χ4v) is 2.42. The van der Waals surface area contributed by atoms with E-state index in [1.54, 1.807) is 9.80 Å². The average molecular weight is 273 g/mol. The number of anilines is 2. The molecule has 0 bridgehead atoms. The van der Waals surface area contributed by atoms with E-state index in [9.17, 15) is 9.59 Å². The number of nitrogens with zero attached hydrogens (tertiary/aromatic N) is 2. The van der Waals surface area contributed by atoms with Gasteiger partial charge in [-0.2, -0.15) is 0 Å². The molecular formula is C15H19N3O2. The van der Waals surface area contributed by atoms with Gasteiger partial charge in [0.2, 0.25) is 5.91 Å². The number of rotatable bonds is 3. The lowest BCUT2D eigenvalue weighted by Gasteiger charge is -2.33. The van der Waals surface area contributed by atoms with Crippen LogP contribution in [0.5, 0.6) is 0 Å². The first-order valence-corrected chi connectivity index (χ1v) is 7.09. The molecule has 106 valence electrons. The molecule has 1 heterocycles. The minimum absolute atomic E-state index is 0.0333. The lowest BCUT2D eigenvalue weighted by Crippen LogP contribution is -2.47. The highest BCUT2D eigenvalue weighted by atomic mass is 16.2. The smallest absolute Gasteiger partial charge is 0.324 e. The van der Waals surface area contributed by atoms with E-state index in [-0.39, 0.29) is 17.9 Å². The third-order valence-electron chi connectivity index (χ3n) is 3.83. The molecule has 0 radical (unpaired) electrons. The minimum atomic E-state index is 0.0333. The van der Waals surface area contributed by atoms with Crippen molar-refractivity contribution in [3.63, 3.8) is 0 Å². The molecule has 1 aromatic carbocycles. The van der Waals surface area contributed by atoms with Crippen molar-refractivity contribution in [2.45, 2.75) is 19.3 Å². The highest BCUT2D eigenvalue weighted by Gasteiger charge is 2.29. The Morgan fingerprint density at radius 3 is 2.55 bits per heavy atom. The molecule has 0 unspecified atom stereocenters. The average Bonchev–Trinajstić information content (AvgIpc) is 3.27. The first-order valence-electron chi connectivity index (χ1n) is 7.09. The summed E-state index contributed by atoms with van der Waals surface area (Å²) < 4.78 is 0. The van der Waals surface area contributed by atoms with E-state index < -0.39 is 0 Å². The summed E-state index contributed by atoms with van der Waals surface area (Å²) in [6.45, 7) is 1.56. The lowest BCUT2D eigenvalue weighted by atomic mass is 10.2. The normalized spacial score (nSPS) is 19.1. The molecule has 2 fully saturated rings. The highest BCUT2D eigenvalue weighted by molar-refractivity contribution is 5.95. The number of carbonyl (C=O) groups excluding carboxylic acids is 2. The summed E-state index contributed by atoms with van der Waals surface area (Å²) in [4.78, 5) is 27.2. The van der Waals surface area contributed by atoms with Crippen LogP contribution in [0, 0.1) is 5.92 Å². The molecule has 1 N–H and O–H groups in total. The van der Waals surface area contributed by atoms with Gasteiger partial charge in [-0.05, 0) is 43.5 Å². The van der Waals surface area contributed by atoms with Gasteiger partial charge >= 0.3 is 6.03 Å². The quantitative estimate of drug-likeness (QED) is 0.918. The molecule has 0 atom stereocenters. The number of urea groups is 1. The fraction of sp³-hybridized carbons (Fsp3) is 0.467. The second kappa shape index (κ2) is 5.15. The van der Waals surface area contributed by atoms with Crippen LogP contribution in [0.1, 0.15) is 19.3 Å². The number of benzene rings is 1.